The van der Waals surface area contributed by atoms with E-state index in [2.05, 4.69) is 19.9 Å². The molecule has 2 aromatic heterocycles. The highest BCUT2D eigenvalue weighted by molar-refractivity contribution is 6.10. The minimum Gasteiger partial charge on any atom is -0.375 e. The maximum absolute atomic E-state index is 13.3. The molecule has 2 aromatic carbocycles. The number of nitrogens with zero attached hydrogens (tertiary/aromatic N) is 2. The van der Waals surface area contributed by atoms with Gasteiger partial charge in [0.1, 0.15) is 0 Å². The predicted molar refractivity (Wildman–Crippen MR) is 118 cm³/mol. The number of H-pyrrole nitrogens is 2. The van der Waals surface area contributed by atoms with Crippen LogP contribution in [0.1, 0.15) is 28.4 Å². The molecule has 33 heavy (non-hydrogen) atoms. The van der Waals surface area contributed by atoms with Crippen LogP contribution < -0.4 is 4.90 Å². The molecule has 6 nitrogen and oxygen atoms in total. The lowest BCUT2D eigenvalue weighted by molar-refractivity contribution is -0.137. The number of ketones is 1. The van der Waals surface area contributed by atoms with Crippen molar-refractivity contribution in [2.45, 2.75) is 19.2 Å². The molecule has 1 atom stereocenters. The number of imidazole rings is 1. The van der Waals surface area contributed by atoms with Gasteiger partial charge in [-0.05, 0) is 37.3 Å². The number of morpholine rings is 1. The number of hydrogen-bond donors (Lipinski definition) is 2. The number of aromatic amines is 2. The Balaban J connectivity index is 1.43. The van der Waals surface area contributed by atoms with E-state index >= 15 is 0 Å². The molecule has 0 saturated carbocycles. The summed E-state index contributed by atoms with van der Waals surface area (Å²) in [6.07, 6.45) is -3.05. The molecule has 0 radical (unpaired) electrons. The zero-order chi connectivity index (χ0) is 23.2. The second kappa shape index (κ2) is 8.08. The van der Waals surface area contributed by atoms with E-state index in [1.54, 1.807) is 0 Å². The summed E-state index contributed by atoms with van der Waals surface area (Å²) in [5.74, 6) is -0.203. The molecule has 1 fully saturated rings. The summed E-state index contributed by atoms with van der Waals surface area (Å²) in [5, 5.41) is 0. The summed E-state index contributed by atoms with van der Waals surface area (Å²) in [6, 6.07) is 12.2. The van der Waals surface area contributed by atoms with Crippen LogP contribution in [0.15, 0.2) is 54.7 Å². The minimum atomic E-state index is -4.61. The topological polar surface area (TPSA) is 74.0 Å². The first-order valence-electron chi connectivity index (χ1n) is 10.6. The average Bonchev–Trinajstić information content (AvgIpc) is 3.45. The first kappa shape index (κ1) is 21.3. The molecule has 0 bridgehead atoms. The van der Waals surface area contributed by atoms with E-state index in [0.29, 0.717) is 18.1 Å². The van der Waals surface area contributed by atoms with Crippen molar-refractivity contribution in [2.24, 2.45) is 0 Å². The highest BCUT2D eigenvalue weighted by Crippen LogP contribution is 2.33. The van der Waals surface area contributed by atoms with E-state index in [4.69, 9.17) is 4.74 Å². The van der Waals surface area contributed by atoms with E-state index in [0.717, 1.165) is 35.9 Å². The fourth-order valence-electron chi connectivity index (χ4n) is 4.12. The van der Waals surface area contributed by atoms with Crippen LogP contribution in [0.4, 0.5) is 18.9 Å². The summed E-state index contributed by atoms with van der Waals surface area (Å²) >= 11 is 0. The van der Waals surface area contributed by atoms with Crippen LogP contribution >= 0.6 is 0 Å². The van der Waals surface area contributed by atoms with Crippen LogP contribution in [0.3, 0.4) is 0 Å². The van der Waals surface area contributed by atoms with Gasteiger partial charge in [-0.25, -0.2) is 4.98 Å². The smallest absolute Gasteiger partial charge is 0.375 e. The van der Waals surface area contributed by atoms with Gasteiger partial charge < -0.3 is 19.6 Å². The molecule has 2 N–H and O–H groups in total. The molecule has 1 aliphatic rings. The molecular weight excluding hydrogens is 433 g/mol. The molecule has 1 aliphatic heterocycles. The number of carbonyl (C=O) groups excluding carboxylic acids is 1. The lowest BCUT2D eigenvalue weighted by Gasteiger charge is -2.32. The first-order chi connectivity index (χ1) is 15.8. The fourth-order valence-corrected chi connectivity index (χ4v) is 4.12. The lowest BCUT2D eigenvalue weighted by atomic mass is 9.99. The Labute approximate surface area is 187 Å². The van der Waals surface area contributed by atoms with Crippen molar-refractivity contribution in [3.05, 3.63) is 71.4 Å². The summed E-state index contributed by atoms with van der Waals surface area (Å²) in [4.78, 5) is 25.8. The normalized spacial score (nSPS) is 17.0. The number of ether oxygens (including phenoxy) is 1. The third kappa shape index (κ3) is 4.11. The van der Waals surface area contributed by atoms with Gasteiger partial charge in [0, 0.05) is 36.1 Å². The van der Waals surface area contributed by atoms with Crippen molar-refractivity contribution in [1.82, 2.24) is 15.0 Å². The van der Waals surface area contributed by atoms with Crippen LogP contribution in [-0.2, 0) is 10.9 Å². The van der Waals surface area contributed by atoms with Crippen molar-refractivity contribution in [3.8, 4) is 11.5 Å². The molecule has 1 saturated heterocycles. The third-order valence-electron chi connectivity index (χ3n) is 5.75. The zero-order valence-electron chi connectivity index (χ0n) is 17.7. The van der Waals surface area contributed by atoms with Crippen molar-refractivity contribution in [2.75, 3.05) is 24.6 Å². The molecule has 3 heterocycles. The Bertz CT molecular complexity index is 1320. The molecule has 0 aliphatic carbocycles. The standard InChI is InChI=1S/C24H21F3N4O2/c1-14-13-31(8-9-33-14)16-6-7-19-20(11-16)30-23(29-19)21-10-15(12-28-21)22(32)17-4-2-3-5-18(17)24(25,26)27/h2-7,10-12,14,28H,8-9,13H2,1H3,(H,29,30)/t14-/m0/s1. The van der Waals surface area contributed by atoms with Gasteiger partial charge in [0.15, 0.2) is 11.6 Å². The maximum Gasteiger partial charge on any atom is 0.417 e. The minimum absolute atomic E-state index is 0.130. The summed E-state index contributed by atoms with van der Waals surface area (Å²) < 4.78 is 45.6. The SMILES string of the molecule is C[C@H]1CN(c2ccc3nc(-c4cc(C(=O)c5ccccc5C(F)(F)F)c[nH]4)[nH]c3c2)CCO1. The van der Waals surface area contributed by atoms with Crippen molar-refractivity contribution in [3.63, 3.8) is 0 Å². The maximum atomic E-state index is 13.3. The molecule has 4 aromatic rings. The summed E-state index contributed by atoms with van der Waals surface area (Å²) in [6.45, 7) is 4.31. The van der Waals surface area contributed by atoms with Gasteiger partial charge in [-0.1, -0.05) is 18.2 Å². The number of halogens is 3. The second-order valence-corrected chi connectivity index (χ2v) is 8.09. The number of nitrogens with one attached hydrogen (secondary N) is 2. The Hall–Kier alpha value is -3.59. The van der Waals surface area contributed by atoms with Gasteiger partial charge in [-0.15, -0.1) is 0 Å². The van der Waals surface area contributed by atoms with E-state index in [-0.39, 0.29) is 17.2 Å². The van der Waals surface area contributed by atoms with Crippen LogP contribution in [-0.4, -0.2) is 46.5 Å². The monoisotopic (exact) mass is 454 g/mol. The van der Waals surface area contributed by atoms with Crippen LogP contribution in [0.25, 0.3) is 22.6 Å². The quantitative estimate of drug-likeness (QED) is 0.424. The number of fused-ring (bicyclic) bond motifs is 1. The number of alkyl halides is 3. The highest BCUT2D eigenvalue weighted by Gasteiger charge is 2.35. The highest BCUT2D eigenvalue weighted by atomic mass is 19.4. The zero-order valence-corrected chi connectivity index (χ0v) is 17.7. The molecule has 0 amide bonds. The molecule has 0 unspecified atom stereocenters. The van der Waals surface area contributed by atoms with Gasteiger partial charge in [0.25, 0.3) is 0 Å². The molecule has 5 rings (SSSR count). The number of aromatic nitrogens is 3. The van der Waals surface area contributed by atoms with Gasteiger partial charge in [-0.2, -0.15) is 13.2 Å². The first-order valence-corrected chi connectivity index (χ1v) is 10.6. The Morgan fingerprint density at radius 3 is 2.79 bits per heavy atom. The number of carbonyl (C=O) groups is 1. The van der Waals surface area contributed by atoms with Crippen LogP contribution in [0.5, 0.6) is 0 Å². The Kier molecular flexibility index (Phi) is 5.20. The van der Waals surface area contributed by atoms with E-state index < -0.39 is 17.5 Å². The molecule has 0 spiro atoms. The van der Waals surface area contributed by atoms with Gasteiger partial charge in [0.2, 0.25) is 0 Å². The molecular formula is C24H21F3N4O2. The number of hydrogen-bond acceptors (Lipinski definition) is 4. The van der Waals surface area contributed by atoms with Crippen LogP contribution in [0.2, 0.25) is 0 Å². The fraction of sp³-hybridized carbons (Fsp3) is 0.250. The van der Waals surface area contributed by atoms with Crippen LogP contribution in [0, 0.1) is 0 Å². The number of anilines is 1. The van der Waals surface area contributed by atoms with Crippen molar-refractivity contribution >= 4 is 22.5 Å². The number of rotatable bonds is 4. The summed E-state index contributed by atoms with van der Waals surface area (Å²) in [5.41, 5.74) is 1.94. The van der Waals surface area contributed by atoms with Gasteiger partial charge >= 0.3 is 6.18 Å². The van der Waals surface area contributed by atoms with E-state index in [1.807, 2.05) is 25.1 Å². The van der Waals surface area contributed by atoms with Crippen molar-refractivity contribution in [1.29, 1.82) is 0 Å². The van der Waals surface area contributed by atoms with Crippen molar-refractivity contribution < 1.29 is 22.7 Å². The van der Waals surface area contributed by atoms with Gasteiger partial charge in [0.05, 0.1) is 35.0 Å². The largest absolute Gasteiger partial charge is 0.417 e. The predicted octanol–water partition coefficient (Wildman–Crippen LogP) is 5.03. The molecule has 9 heteroatoms. The second-order valence-electron chi connectivity index (χ2n) is 8.09. The number of benzene rings is 2. The summed E-state index contributed by atoms with van der Waals surface area (Å²) in [7, 11) is 0. The lowest BCUT2D eigenvalue weighted by Crippen LogP contribution is -2.41. The molecule has 170 valence electrons. The third-order valence-corrected chi connectivity index (χ3v) is 5.75. The van der Waals surface area contributed by atoms with Gasteiger partial charge in [-0.3, -0.25) is 4.79 Å². The average molecular weight is 454 g/mol. The Morgan fingerprint density at radius 1 is 1.18 bits per heavy atom. The van der Waals surface area contributed by atoms with E-state index in [1.165, 1.54) is 30.5 Å². The van der Waals surface area contributed by atoms with E-state index in [9.17, 15) is 18.0 Å². The Morgan fingerprint density at radius 2 is 2.00 bits per heavy atom.